The number of amides is 1. The molecule has 0 atom stereocenters. The number of ether oxygens (including phenoxy) is 2. The fraction of sp³-hybridized carbons (Fsp3) is 0.115. The molecule has 1 heterocycles. The van der Waals surface area contributed by atoms with Gasteiger partial charge in [-0.25, -0.2) is 13.9 Å². The van der Waals surface area contributed by atoms with E-state index in [0.717, 1.165) is 0 Å². The van der Waals surface area contributed by atoms with Crippen molar-refractivity contribution in [3.8, 4) is 22.7 Å². The highest BCUT2D eigenvalue weighted by Crippen LogP contribution is 2.27. The number of carbonyl (C=O) groups is 2. The Morgan fingerprint density at radius 1 is 1.03 bits per heavy atom. The first-order chi connectivity index (χ1) is 16.9. The lowest BCUT2D eigenvalue weighted by Gasteiger charge is -2.11. The van der Waals surface area contributed by atoms with Crippen LogP contribution in [0.15, 0.2) is 78.9 Å². The quantitative estimate of drug-likeness (QED) is 0.326. The first-order valence-electron chi connectivity index (χ1n) is 10.7. The monoisotopic (exact) mass is 493 g/mol. The summed E-state index contributed by atoms with van der Waals surface area (Å²) >= 11 is 5.85. The summed E-state index contributed by atoms with van der Waals surface area (Å²) in [4.78, 5) is 24.7. The lowest BCUT2D eigenvalue weighted by Crippen LogP contribution is -2.20. The molecule has 1 amide bonds. The molecular formula is C26H21ClFN3O4. The molecule has 0 fully saturated rings. The standard InChI is InChI=1S/C26H21ClFN3O4/c1-2-34-26(33)23-15-24(31(30-23)21-8-4-6-19(28)14-21)17-5-3-7-20(13-17)29-25(32)16-35-22-11-9-18(27)10-12-22/h3-15H,2,16H2,1H3,(H,29,32). The average molecular weight is 494 g/mol. The molecule has 178 valence electrons. The van der Waals surface area contributed by atoms with Crippen molar-refractivity contribution >= 4 is 29.2 Å². The first kappa shape index (κ1) is 24.0. The van der Waals surface area contributed by atoms with E-state index in [0.29, 0.717) is 33.4 Å². The van der Waals surface area contributed by atoms with Gasteiger partial charge in [0.15, 0.2) is 12.3 Å². The summed E-state index contributed by atoms with van der Waals surface area (Å²) in [5.41, 5.74) is 2.19. The Morgan fingerprint density at radius 3 is 2.54 bits per heavy atom. The summed E-state index contributed by atoms with van der Waals surface area (Å²) < 4.78 is 25.9. The molecule has 0 aliphatic heterocycles. The van der Waals surface area contributed by atoms with Gasteiger partial charge >= 0.3 is 5.97 Å². The number of nitrogens with zero attached hydrogens (tertiary/aromatic N) is 2. The maximum Gasteiger partial charge on any atom is 0.358 e. The number of esters is 1. The number of nitrogens with one attached hydrogen (secondary N) is 1. The van der Waals surface area contributed by atoms with E-state index in [4.69, 9.17) is 21.1 Å². The van der Waals surface area contributed by atoms with Crippen molar-refractivity contribution in [3.05, 3.63) is 95.4 Å². The molecule has 7 nitrogen and oxygen atoms in total. The van der Waals surface area contributed by atoms with Crippen LogP contribution in [-0.2, 0) is 9.53 Å². The highest BCUT2D eigenvalue weighted by molar-refractivity contribution is 6.30. The molecule has 1 aromatic heterocycles. The van der Waals surface area contributed by atoms with Crippen LogP contribution < -0.4 is 10.1 Å². The Morgan fingerprint density at radius 2 is 1.80 bits per heavy atom. The van der Waals surface area contributed by atoms with Crippen molar-refractivity contribution in [2.45, 2.75) is 6.92 Å². The van der Waals surface area contributed by atoms with Crippen molar-refractivity contribution < 1.29 is 23.5 Å². The Labute approximate surface area is 206 Å². The highest BCUT2D eigenvalue weighted by Gasteiger charge is 2.18. The molecule has 0 bridgehead atoms. The second-order valence-corrected chi connectivity index (χ2v) is 7.83. The average Bonchev–Trinajstić information content (AvgIpc) is 3.30. The summed E-state index contributed by atoms with van der Waals surface area (Å²) in [6, 6.07) is 21.1. The van der Waals surface area contributed by atoms with Crippen molar-refractivity contribution in [2.75, 3.05) is 18.5 Å². The van der Waals surface area contributed by atoms with Crippen LogP contribution in [0.5, 0.6) is 5.75 Å². The molecular weight excluding hydrogens is 473 g/mol. The highest BCUT2D eigenvalue weighted by atomic mass is 35.5. The van der Waals surface area contributed by atoms with Crippen molar-refractivity contribution in [1.29, 1.82) is 0 Å². The number of aromatic nitrogens is 2. The second kappa shape index (κ2) is 10.8. The third-order valence-electron chi connectivity index (χ3n) is 4.87. The van der Waals surface area contributed by atoms with Gasteiger partial charge in [0.05, 0.1) is 18.0 Å². The molecule has 0 spiro atoms. The summed E-state index contributed by atoms with van der Waals surface area (Å²) in [5, 5.41) is 7.69. The Kier molecular flexibility index (Phi) is 7.42. The van der Waals surface area contributed by atoms with Crippen molar-refractivity contribution in [1.82, 2.24) is 9.78 Å². The van der Waals surface area contributed by atoms with Crippen molar-refractivity contribution in [3.63, 3.8) is 0 Å². The van der Waals surface area contributed by atoms with Crippen LogP contribution in [-0.4, -0.2) is 34.9 Å². The van der Waals surface area contributed by atoms with Crippen LogP contribution in [0, 0.1) is 5.82 Å². The van der Waals surface area contributed by atoms with Crippen LogP contribution in [0.25, 0.3) is 16.9 Å². The molecule has 0 saturated heterocycles. The summed E-state index contributed by atoms with van der Waals surface area (Å²) in [6.07, 6.45) is 0. The summed E-state index contributed by atoms with van der Waals surface area (Å²) in [7, 11) is 0. The third-order valence-corrected chi connectivity index (χ3v) is 5.12. The second-order valence-electron chi connectivity index (χ2n) is 7.40. The van der Waals surface area contributed by atoms with Gasteiger partial charge in [-0.05, 0) is 67.6 Å². The van der Waals surface area contributed by atoms with Crippen LogP contribution in [0.2, 0.25) is 5.02 Å². The minimum atomic E-state index is -0.590. The first-order valence-corrected chi connectivity index (χ1v) is 11.1. The van der Waals surface area contributed by atoms with Gasteiger partial charge in [-0.15, -0.1) is 0 Å². The Balaban J connectivity index is 1.58. The molecule has 0 aliphatic carbocycles. The molecule has 35 heavy (non-hydrogen) atoms. The number of benzene rings is 3. The minimum absolute atomic E-state index is 0.0805. The maximum absolute atomic E-state index is 13.9. The predicted molar refractivity (Wildman–Crippen MR) is 130 cm³/mol. The molecule has 4 aromatic rings. The predicted octanol–water partition coefficient (Wildman–Crippen LogP) is 5.53. The molecule has 0 saturated carbocycles. The number of hydrogen-bond acceptors (Lipinski definition) is 5. The van der Waals surface area contributed by atoms with E-state index in [2.05, 4.69) is 10.4 Å². The number of hydrogen-bond donors (Lipinski definition) is 1. The molecule has 0 unspecified atom stereocenters. The fourth-order valence-corrected chi connectivity index (χ4v) is 3.46. The van der Waals surface area contributed by atoms with Crippen LogP contribution >= 0.6 is 11.6 Å². The topological polar surface area (TPSA) is 82.5 Å². The largest absolute Gasteiger partial charge is 0.484 e. The van der Waals surface area contributed by atoms with E-state index in [9.17, 15) is 14.0 Å². The number of carbonyl (C=O) groups excluding carboxylic acids is 2. The normalized spacial score (nSPS) is 10.6. The fourth-order valence-electron chi connectivity index (χ4n) is 3.33. The minimum Gasteiger partial charge on any atom is -0.484 e. The van der Waals surface area contributed by atoms with Gasteiger partial charge in [0.2, 0.25) is 0 Å². The zero-order valence-corrected chi connectivity index (χ0v) is 19.5. The SMILES string of the molecule is CCOC(=O)c1cc(-c2cccc(NC(=O)COc3ccc(Cl)cc3)c2)n(-c2cccc(F)c2)n1. The lowest BCUT2D eigenvalue weighted by molar-refractivity contribution is -0.118. The van der Waals surface area contributed by atoms with Gasteiger partial charge in [0, 0.05) is 16.3 Å². The van der Waals surface area contributed by atoms with Gasteiger partial charge in [0.25, 0.3) is 5.91 Å². The van der Waals surface area contributed by atoms with Gasteiger partial charge in [-0.1, -0.05) is 29.8 Å². The van der Waals surface area contributed by atoms with Crippen molar-refractivity contribution in [2.24, 2.45) is 0 Å². The zero-order valence-electron chi connectivity index (χ0n) is 18.7. The smallest absolute Gasteiger partial charge is 0.358 e. The summed E-state index contributed by atoms with van der Waals surface area (Å²) in [5.74, 6) is -0.872. The third kappa shape index (κ3) is 6.04. The number of rotatable bonds is 8. The van der Waals surface area contributed by atoms with Gasteiger partial charge in [-0.3, -0.25) is 4.79 Å². The zero-order chi connectivity index (χ0) is 24.8. The molecule has 9 heteroatoms. The van der Waals surface area contributed by atoms with Crippen LogP contribution in [0.1, 0.15) is 17.4 Å². The molecule has 3 aromatic carbocycles. The Bertz CT molecular complexity index is 1350. The lowest BCUT2D eigenvalue weighted by atomic mass is 10.1. The van der Waals surface area contributed by atoms with Gasteiger partial charge < -0.3 is 14.8 Å². The molecule has 4 rings (SSSR count). The molecule has 0 radical (unpaired) electrons. The Hall–Kier alpha value is -4.17. The van der Waals surface area contributed by atoms with Gasteiger partial charge in [-0.2, -0.15) is 5.10 Å². The van der Waals surface area contributed by atoms with E-state index >= 15 is 0 Å². The van der Waals surface area contributed by atoms with E-state index in [1.165, 1.54) is 16.8 Å². The molecule has 1 N–H and O–H groups in total. The van der Waals surface area contributed by atoms with E-state index in [-0.39, 0.29) is 24.8 Å². The van der Waals surface area contributed by atoms with Crippen LogP contribution in [0.3, 0.4) is 0 Å². The number of anilines is 1. The van der Waals surface area contributed by atoms with Crippen LogP contribution in [0.4, 0.5) is 10.1 Å². The maximum atomic E-state index is 13.9. The van der Waals surface area contributed by atoms with E-state index in [1.807, 2.05) is 0 Å². The molecule has 0 aliphatic rings. The van der Waals surface area contributed by atoms with E-state index in [1.54, 1.807) is 73.7 Å². The van der Waals surface area contributed by atoms with Gasteiger partial charge in [0.1, 0.15) is 11.6 Å². The van der Waals surface area contributed by atoms with E-state index < -0.39 is 11.8 Å². The number of halogens is 2. The summed E-state index contributed by atoms with van der Waals surface area (Å²) in [6.45, 7) is 1.70.